The van der Waals surface area contributed by atoms with Crippen molar-refractivity contribution >= 4 is 11.7 Å². The Morgan fingerprint density at radius 1 is 1.14 bits per heavy atom. The molecule has 7 nitrogen and oxygen atoms in total. The number of hydrogen-bond acceptors (Lipinski definition) is 4. The van der Waals surface area contributed by atoms with Crippen LogP contribution >= 0.6 is 0 Å². The van der Waals surface area contributed by atoms with Crippen molar-refractivity contribution in [1.29, 1.82) is 0 Å². The molecule has 1 aromatic heterocycles. The van der Waals surface area contributed by atoms with Gasteiger partial charge in [0.25, 0.3) is 0 Å². The number of rotatable bonds is 6. The van der Waals surface area contributed by atoms with Gasteiger partial charge >= 0.3 is 6.03 Å². The van der Waals surface area contributed by atoms with E-state index in [1.54, 1.807) is 0 Å². The van der Waals surface area contributed by atoms with Gasteiger partial charge in [-0.1, -0.05) is 19.9 Å². The lowest BCUT2D eigenvalue weighted by Crippen LogP contribution is -2.54. The molecule has 2 heterocycles. The van der Waals surface area contributed by atoms with E-state index in [0.29, 0.717) is 18.5 Å². The summed E-state index contributed by atoms with van der Waals surface area (Å²) in [6.07, 6.45) is 0. The van der Waals surface area contributed by atoms with Gasteiger partial charge in [-0.25, -0.2) is 9.48 Å². The number of amides is 2. The van der Waals surface area contributed by atoms with Crippen molar-refractivity contribution in [2.75, 3.05) is 45.1 Å². The number of likely N-dealkylation sites (N-methyl/N-ethyl adjacent to an activating group) is 1. The molecule has 0 aliphatic carbocycles. The highest BCUT2D eigenvalue weighted by Crippen LogP contribution is 2.17. The van der Waals surface area contributed by atoms with Crippen LogP contribution in [0.15, 0.2) is 30.3 Å². The number of urea groups is 1. The molecule has 1 aliphatic heterocycles. The molecule has 1 unspecified atom stereocenters. The molecule has 2 amide bonds. The molecule has 158 valence electrons. The van der Waals surface area contributed by atoms with E-state index in [9.17, 15) is 4.79 Å². The van der Waals surface area contributed by atoms with Crippen LogP contribution in [0.3, 0.4) is 0 Å². The molecule has 1 aromatic carbocycles. The SMILES string of the molecule is Cc1cc(C)n(-c2cccc(NC(=O)NCC(C(C)C)N3CCN(C)CC3)c2)n1. The molecule has 0 saturated carbocycles. The molecular weight excluding hydrogens is 364 g/mol. The van der Waals surface area contributed by atoms with E-state index >= 15 is 0 Å². The summed E-state index contributed by atoms with van der Waals surface area (Å²) in [5.74, 6) is 0.480. The second-order valence-corrected chi connectivity index (χ2v) is 8.37. The van der Waals surface area contributed by atoms with E-state index in [1.165, 1.54) is 0 Å². The van der Waals surface area contributed by atoms with E-state index in [4.69, 9.17) is 0 Å². The Morgan fingerprint density at radius 2 is 1.86 bits per heavy atom. The first kappa shape index (κ1) is 21.3. The standard InChI is InChI=1S/C22H34N6O/c1-16(2)21(27-11-9-26(5)10-12-27)15-23-22(29)24-19-7-6-8-20(14-19)28-18(4)13-17(3)25-28/h6-8,13-14,16,21H,9-12,15H2,1-5H3,(H2,23,24,29). The second kappa shape index (κ2) is 9.41. The Morgan fingerprint density at radius 3 is 2.48 bits per heavy atom. The molecule has 1 fully saturated rings. The van der Waals surface area contributed by atoms with Crippen molar-refractivity contribution in [2.24, 2.45) is 5.92 Å². The number of benzene rings is 1. The maximum Gasteiger partial charge on any atom is 0.319 e. The van der Waals surface area contributed by atoms with Gasteiger partial charge in [-0.3, -0.25) is 4.90 Å². The molecular formula is C22H34N6O. The highest BCUT2D eigenvalue weighted by atomic mass is 16.2. The quantitative estimate of drug-likeness (QED) is 0.785. The maximum atomic E-state index is 12.5. The van der Waals surface area contributed by atoms with E-state index < -0.39 is 0 Å². The Balaban J connectivity index is 1.59. The van der Waals surface area contributed by atoms with Gasteiger partial charge in [0.2, 0.25) is 0 Å². The number of hydrogen-bond donors (Lipinski definition) is 2. The first-order chi connectivity index (χ1) is 13.8. The summed E-state index contributed by atoms with van der Waals surface area (Å²) in [6.45, 7) is 13.3. The molecule has 1 aliphatic rings. The summed E-state index contributed by atoms with van der Waals surface area (Å²) < 4.78 is 1.89. The van der Waals surface area contributed by atoms with Crippen LogP contribution in [0, 0.1) is 19.8 Å². The van der Waals surface area contributed by atoms with Gasteiger partial charge in [-0.15, -0.1) is 0 Å². The Hall–Kier alpha value is -2.38. The zero-order valence-electron chi connectivity index (χ0n) is 18.3. The molecule has 7 heteroatoms. The minimum absolute atomic E-state index is 0.171. The molecule has 0 bridgehead atoms. The molecule has 2 aromatic rings. The third-order valence-corrected chi connectivity index (χ3v) is 5.61. The lowest BCUT2D eigenvalue weighted by Gasteiger charge is -2.39. The zero-order chi connectivity index (χ0) is 21.0. The van der Waals surface area contributed by atoms with Gasteiger partial charge in [0.15, 0.2) is 0 Å². The summed E-state index contributed by atoms with van der Waals surface area (Å²) in [6, 6.07) is 9.98. The summed E-state index contributed by atoms with van der Waals surface area (Å²) in [5, 5.41) is 10.5. The fourth-order valence-corrected chi connectivity index (χ4v) is 3.92. The predicted octanol–water partition coefficient (Wildman–Crippen LogP) is 2.88. The van der Waals surface area contributed by atoms with Crippen molar-refractivity contribution in [1.82, 2.24) is 24.9 Å². The number of carbonyl (C=O) groups is 1. The third kappa shape index (κ3) is 5.58. The first-order valence-electron chi connectivity index (χ1n) is 10.4. The van der Waals surface area contributed by atoms with Crippen LogP contribution < -0.4 is 10.6 Å². The maximum absolute atomic E-state index is 12.5. The van der Waals surface area contributed by atoms with E-state index in [0.717, 1.165) is 48.9 Å². The fourth-order valence-electron chi connectivity index (χ4n) is 3.92. The van der Waals surface area contributed by atoms with Crippen molar-refractivity contribution in [2.45, 2.75) is 33.7 Å². The average Bonchev–Trinajstić information content (AvgIpc) is 3.01. The van der Waals surface area contributed by atoms with Gasteiger partial charge < -0.3 is 15.5 Å². The van der Waals surface area contributed by atoms with E-state index in [-0.39, 0.29) is 6.03 Å². The van der Waals surface area contributed by atoms with Gasteiger partial charge in [0.1, 0.15) is 0 Å². The van der Waals surface area contributed by atoms with E-state index in [1.807, 2.05) is 48.9 Å². The van der Waals surface area contributed by atoms with Crippen LogP contribution in [0.5, 0.6) is 0 Å². The van der Waals surface area contributed by atoms with Gasteiger partial charge in [-0.05, 0) is 51.1 Å². The monoisotopic (exact) mass is 398 g/mol. The van der Waals surface area contributed by atoms with Crippen LogP contribution in [0.2, 0.25) is 0 Å². The third-order valence-electron chi connectivity index (χ3n) is 5.61. The van der Waals surface area contributed by atoms with Gasteiger partial charge in [0.05, 0.1) is 11.4 Å². The highest BCUT2D eigenvalue weighted by Gasteiger charge is 2.25. The number of aromatic nitrogens is 2. The number of nitrogens with zero attached hydrogens (tertiary/aromatic N) is 4. The molecule has 0 radical (unpaired) electrons. The summed E-state index contributed by atoms with van der Waals surface area (Å²) in [4.78, 5) is 17.4. The van der Waals surface area contributed by atoms with Crippen LogP contribution in [-0.2, 0) is 0 Å². The Bertz CT molecular complexity index is 822. The van der Waals surface area contributed by atoms with Crippen LogP contribution in [0.4, 0.5) is 10.5 Å². The zero-order valence-corrected chi connectivity index (χ0v) is 18.3. The van der Waals surface area contributed by atoms with Crippen LogP contribution in [-0.4, -0.2) is 71.4 Å². The first-order valence-corrected chi connectivity index (χ1v) is 10.4. The normalized spacial score (nSPS) is 16.8. The molecule has 2 N–H and O–H groups in total. The number of nitrogens with one attached hydrogen (secondary N) is 2. The average molecular weight is 399 g/mol. The largest absolute Gasteiger partial charge is 0.336 e. The van der Waals surface area contributed by atoms with Crippen LogP contribution in [0.25, 0.3) is 5.69 Å². The lowest BCUT2D eigenvalue weighted by atomic mass is 10.0. The van der Waals surface area contributed by atoms with Crippen molar-refractivity contribution in [3.8, 4) is 5.69 Å². The minimum atomic E-state index is -0.171. The van der Waals surface area contributed by atoms with E-state index in [2.05, 4.69) is 46.4 Å². The number of anilines is 1. The van der Waals surface area contributed by atoms with Gasteiger partial charge in [0, 0.05) is 50.1 Å². The number of aryl methyl sites for hydroxylation is 2. The lowest BCUT2D eigenvalue weighted by molar-refractivity contribution is 0.0890. The van der Waals surface area contributed by atoms with Crippen molar-refractivity contribution < 1.29 is 4.79 Å². The highest BCUT2D eigenvalue weighted by molar-refractivity contribution is 5.89. The molecule has 29 heavy (non-hydrogen) atoms. The topological polar surface area (TPSA) is 65.4 Å². The molecule has 0 spiro atoms. The van der Waals surface area contributed by atoms with Crippen LogP contribution in [0.1, 0.15) is 25.2 Å². The Kier molecular flexibility index (Phi) is 6.92. The summed E-state index contributed by atoms with van der Waals surface area (Å²) >= 11 is 0. The number of piperazine rings is 1. The van der Waals surface area contributed by atoms with Crippen molar-refractivity contribution in [3.05, 3.63) is 41.7 Å². The predicted molar refractivity (Wildman–Crippen MR) is 118 cm³/mol. The summed E-state index contributed by atoms with van der Waals surface area (Å²) in [5.41, 5.74) is 3.73. The fraction of sp³-hybridized carbons (Fsp3) is 0.545. The molecule has 1 saturated heterocycles. The molecule has 1 atom stereocenters. The minimum Gasteiger partial charge on any atom is -0.336 e. The number of carbonyl (C=O) groups excluding carboxylic acids is 1. The Labute approximate surface area is 174 Å². The summed E-state index contributed by atoms with van der Waals surface area (Å²) in [7, 11) is 2.16. The second-order valence-electron chi connectivity index (χ2n) is 8.37. The smallest absolute Gasteiger partial charge is 0.319 e. The van der Waals surface area contributed by atoms with Gasteiger partial charge in [-0.2, -0.15) is 5.10 Å². The van der Waals surface area contributed by atoms with Crippen molar-refractivity contribution in [3.63, 3.8) is 0 Å². The molecule has 3 rings (SSSR count).